The van der Waals surface area contributed by atoms with Crippen LogP contribution < -0.4 is 5.32 Å². The summed E-state index contributed by atoms with van der Waals surface area (Å²) in [6.45, 7) is 3.08. The van der Waals surface area contributed by atoms with Crippen molar-refractivity contribution in [3.63, 3.8) is 0 Å². The van der Waals surface area contributed by atoms with Gasteiger partial charge in [-0.05, 0) is 30.7 Å². The van der Waals surface area contributed by atoms with Crippen molar-refractivity contribution in [1.29, 1.82) is 0 Å². The zero-order chi connectivity index (χ0) is 14.8. The number of fused-ring (bicyclic) bond motifs is 1. The van der Waals surface area contributed by atoms with Crippen LogP contribution in [0.1, 0.15) is 23.0 Å². The zero-order valence-corrected chi connectivity index (χ0v) is 12.9. The van der Waals surface area contributed by atoms with E-state index in [-0.39, 0.29) is 5.91 Å². The molecule has 108 valence electrons. The maximum atomic E-state index is 11.7. The second kappa shape index (κ2) is 5.69. The van der Waals surface area contributed by atoms with Gasteiger partial charge in [-0.25, -0.2) is 4.98 Å². The minimum atomic E-state index is -0.0515. The lowest BCUT2D eigenvalue weighted by Gasteiger charge is -2.05. The van der Waals surface area contributed by atoms with Gasteiger partial charge in [0.2, 0.25) is 0 Å². The molecule has 0 spiro atoms. The van der Waals surface area contributed by atoms with Crippen molar-refractivity contribution in [3.05, 3.63) is 41.3 Å². The first-order valence-electron chi connectivity index (χ1n) is 7.02. The number of benzene rings is 1. The van der Waals surface area contributed by atoms with E-state index in [0.717, 1.165) is 34.7 Å². The number of rotatable bonds is 4. The van der Waals surface area contributed by atoms with Crippen LogP contribution in [0.15, 0.2) is 36.4 Å². The van der Waals surface area contributed by atoms with Gasteiger partial charge in [-0.3, -0.25) is 4.79 Å². The molecule has 0 radical (unpaired) electrons. The molecule has 0 aliphatic rings. The fourth-order valence-electron chi connectivity index (χ4n) is 2.42. The van der Waals surface area contributed by atoms with E-state index in [1.165, 1.54) is 11.3 Å². The van der Waals surface area contributed by atoms with Crippen molar-refractivity contribution in [3.8, 4) is 10.7 Å². The number of nitrogens with zero attached hydrogens (tertiary/aromatic N) is 2. The molecule has 1 N–H and O–H groups in total. The Morgan fingerprint density at radius 1 is 1.29 bits per heavy atom. The summed E-state index contributed by atoms with van der Waals surface area (Å²) >= 11 is 1.48. The maximum absolute atomic E-state index is 11.7. The summed E-state index contributed by atoms with van der Waals surface area (Å²) in [5.41, 5.74) is 2.14. The van der Waals surface area contributed by atoms with Crippen molar-refractivity contribution in [1.82, 2.24) is 14.9 Å². The second-order valence-corrected chi connectivity index (χ2v) is 5.90. The summed E-state index contributed by atoms with van der Waals surface area (Å²) in [4.78, 5) is 18.2. The van der Waals surface area contributed by atoms with Gasteiger partial charge in [0, 0.05) is 13.6 Å². The number of carbonyl (C=O) groups excluding carboxylic acids is 1. The van der Waals surface area contributed by atoms with Crippen LogP contribution in [-0.4, -0.2) is 22.5 Å². The molecule has 0 aliphatic heterocycles. The normalized spacial score (nSPS) is 11.0. The average Bonchev–Trinajstić information content (AvgIpc) is 3.12. The highest BCUT2D eigenvalue weighted by Crippen LogP contribution is 2.30. The molecule has 0 saturated carbocycles. The second-order valence-electron chi connectivity index (χ2n) is 4.82. The SMILES string of the molecule is CCCn1c(-c2ccc(C(=O)NC)s2)nc2ccccc21. The number of aryl methyl sites for hydroxylation is 1. The molecule has 1 amide bonds. The molecule has 2 aromatic heterocycles. The van der Waals surface area contributed by atoms with E-state index in [2.05, 4.69) is 22.9 Å². The Bertz CT molecular complexity index is 788. The predicted octanol–water partition coefficient (Wildman–Crippen LogP) is 3.53. The monoisotopic (exact) mass is 299 g/mol. The zero-order valence-electron chi connectivity index (χ0n) is 12.1. The molecule has 0 aliphatic carbocycles. The molecular weight excluding hydrogens is 282 g/mol. The Balaban J connectivity index is 2.12. The summed E-state index contributed by atoms with van der Waals surface area (Å²) in [5, 5.41) is 2.66. The van der Waals surface area contributed by atoms with E-state index >= 15 is 0 Å². The molecule has 4 nitrogen and oxygen atoms in total. The largest absolute Gasteiger partial charge is 0.354 e. The quantitative estimate of drug-likeness (QED) is 0.801. The molecule has 0 unspecified atom stereocenters. The number of aromatic nitrogens is 2. The van der Waals surface area contributed by atoms with Gasteiger partial charge in [0.25, 0.3) is 5.91 Å². The van der Waals surface area contributed by atoms with Gasteiger partial charge in [0.1, 0.15) is 0 Å². The highest BCUT2D eigenvalue weighted by molar-refractivity contribution is 7.17. The van der Waals surface area contributed by atoms with Crippen LogP contribution in [0.25, 0.3) is 21.7 Å². The molecule has 3 aromatic rings. The summed E-state index contributed by atoms with van der Waals surface area (Å²) in [6, 6.07) is 12.0. The molecule has 21 heavy (non-hydrogen) atoms. The Kier molecular flexibility index (Phi) is 3.75. The lowest BCUT2D eigenvalue weighted by atomic mass is 10.3. The fourth-order valence-corrected chi connectivity index (χ4v) is 3.37. The molecule has 0 bridgehead atoms. The first-order valence-corrected chi connectivity index (χ1v) is 7.83. The third-order valence-electron chi connectivity index (χ3n) is 3.38. The Hall–Kier alpha value is -2.14. The standard InChI is InChI=1S/C16H17N3OS/c1-3-10-19-12-7-5-4-6-11(12)18-15(19)13-8-9-14(21-13)16(20)17-2/h4-9H,3,10H2,1-2H3,(H,17,20). The number of amides is 1. The first kappa shape index (κ1) is 13.8. The van der Waals surface area contributed by atoms with Crippen LogP contribution in [0.4, 0.5) is 0 Å². The molecule has 0 saturated heterocycles. The van der Waals surface area contributed by atoms with Gasteiger partial charge in [0.15, 0.2) is 5.82 Å². The van der Waals surface area contributed by atoms with Crippen LogP contribution >= 0.6 is 11.3 Å². The fraction of sp³-hybridized carbons (Fsp3) is 0.250. The van der Waals surface area contributed by atoms with E-state index in [4.69, 9.17) is 4.98 Å². The van der Waals surface area contributed by atoms with Gasteiger partial charge < -0.3 is 9.88 Å². The van der Waals surface area contributed by atoms with Gasteiger partial charge in [0.05, 0.1) is 20.8 Å². The van der Waals surface area contributed by atoms with Crippen molar-refractivity contribution in [2.75, 3.05) is 7.05 Å². The number of thiophene rings is 1. The van der Waals surface area contributed by atoms with E-state index < -0.39 is 0 Å². The summed E-state index contributed by atoms with van der Waals surface area (Å²) < 4.78 is 2.23. The van der Waals surface area contributed by atoms with Crippen LogP contribution in [0.5, 0.6) is 0 Å². The summed E-state index contributed by atoms with van der Waals surface area (Å²) in [6.07, 6.45) is 1.04. The maximum Gasteiger partial charge on any atom is 0.261 e. The minimum absolute atomic E-state index is 0.0515. The van der Waals surface area contributed by atoms with Crippen molar-refractivity contribution >= 4 is 28.3 Å². The Morgan fingerprint density at radius 2 is 2.10 bits per heavy atom. The molecule has 3 rings (SSSR count). The average molecular weight is 299 g/mol. The number of imidazole rings is 1. The molecule has 5 heteroatoms. The van der Waals surface area contributed by atoms with Crippen molar-refractivity contribution < 1.29 is 4.79 Å². The van der Waals surface area contributed by atoms with Gasteiger partial charge in [-0.1, -0.05) is 19.1 Å². The third kappa shape index (κ3) is 2.45. The lowest BCUT2D eigenvalue weighted by Crippen LogP contribution is -2.15. The van der Waals surface area contributed by atoms with E-state index in [9.17, 15) is 4.79 Å². The summed E-state index contributed by atoms with van der Waals surface area (Å²) in [5.74, 6) is 0.891. The number of carbonyl (C=O) groups is 1. The van der Waals surface area contributed by atoms with E-state index in [1.54, 1.807) is 7.05 Å². The van der Waals surface area contributed by atoms with Crippen LogP contribution in [0.2, 0.25) is 0 Å². The van der Waals surface area contributed by atoms with Crippen molar-refractivity contribution in [2.45, 2.75) is 19.9 Å². The van der Waals surface area contributed by atoms with Gasteiger partial charge >= 0.3 is 0 Å². The van der Waals surface area contributed by atoms with Crippen LogP contribution in [0.3, 0.4) is 0 Å². The Labute approximate surface area is 127 Å². The number of hydrogen-bond acceptors (Lipinski definition) is 3. The predicted molar refractivity (Wildman–Crippen MR) is 86.7 cm³/mol. The van der Waals surface area contributed by atoms with Gasteiger partial charge in [-0.15, -0.1) is 11.3 Å². The smallest absolute Gasteiger partial charge is 0.261 e. The number of hydrogen-bond donors (Lipinski definition) is 1. The summed E-state index contributed by atoms with van der Waals surface area (Å²) in [7, 11) is 1.65. The molecule has 1 aromatic carbocycles. The highest BCUT2D eigenvalue weighted by Gasteiger charge is 2.15. The Morgan fingerprint density at radius 3 is 2.86 bits per heavy atom. The number of para-hydroxylation sites is 2. The molecule has 2 heterocycles. The third-order valence-corrected chi connectivity index (χ3v) is 4.46. The first-order chi connectivity index (χ1) is 10.2. The molecular formula is C16H17N3OS. The van der Waals surface area contributed by atoms with E-state index in [1.807, 2.05) is 30.3 Å². The van der Waals surface area contributed by atoms with Crippen molar-refractivity contribution in [2.24, 2.45) is 0 Å². The lowest BCUT2D eigenvalue weighted by molar-refractivity contribution is 0.0967. The van der Waals surface area contributed by atoms with Gasteiger partial charge in [-0.2, -0.15) is 0 Å². The van der Waals surface area contributed by atoms with Crippen LogP contribution in [-0.2, 0) is 6.54 Å². The topological polar surface area (TPSA) is 46.9 Å². The number of nitrogens with one attached hydrogen (secondary N) is 1. The highest BCUT2D eigenvalue weighted by atomic mass is 32.1. The molecule has 0 fully saturated rings. The van der Waals surface area contributed by atoms with E-state index in [0.29, 0.717) is 4.88 Å². The minimum Gasteiger partial charge on any atom is -0.354 e. The van der Waals surface area contributed by atoms with Crippen LogP contribution in [0, 0.1) is 0 Å². The molecule has 0 atom stereocenters.